The van der Waals surface area contributed by atoms with Gasteiger partial charge in [-0.25, -0.2) is 9.69 Å². The van der Waals surface area contributed by atoms with Gasteiger partial charge in [-0.2, -0.15) is 0 Å². The smallest absolute Gasteiger partial charge is 0.335 e. The van der Waals surface area contributed by atoms with Gasteiger partial charge in [-0.3, -0.25) is 19.7 Å². The van der Waals surface area contributed by atoms with Crippen LogP contribution in [-0.4, -0.2) is 30.2 Å². The van der Waals surface area contributed by atoms with E-state index in [9.17, 15) is 19.2 Å². The average Bonchev–Trinajstić information content (AvgIpc) is 2.40. The molecule has 110 valence electrons. The molecule has 0 aliphatic carbocycles. The number of carbonyl (C=O) groups excluding carboxylic acids is 4. The minimum Gasteiger partial charge on any atom is -0.494 e. The summed E-state index contributed by atoms with van der Waals surface area (Å²) in [5, 5.41) is 2.00. The van der Waals surface area contributed by atoms with E-state index in [1.807, 2.05) is 12.2 Å². The van der Waals surface area contributed by atoms with Crippen molar-refractivity contribution < 1.29 is 23.9 Å². The first-order chi connectivity index (χ1) is 9.95. The van der Waals surface area contributed by atoms with E-state index in [0.29, 0.717) is 12.4 Å². The van der Waals surface area contributed by atoms with Crippen molar-refractivity contribution in [3.8, 4) is 5.75 Å². The van der Waals surface area contributed by atoms with E-state index >= 15 is 0 Å². The van der Waals surface area contributed by atoms with E-state index in [1.54, 1.807) is 12.1 Å². The summed E-state index contributed by atoms with van der Waals surface area (Å²) in [6, 6.07) is 5.34. The minimum atomic E-state index is -1.49. The maximum Gasteiger partial charge on any atom is 0.335 e. The average molecular weight is 290 g/mol. The lowest BCUT2D eigenvalue weighted by Crippen LogP contribution is -2.59. The molecule has 1 aromatic carbocycles. The van der Waals surface area contributed by atoms with E-state index in [2.05, 4.69) is 0 Å². The number of hydrogen-bond donors (Lipinski definition) is 1. The first-order valence-electron chi connectivity index (χ1n) is 6.37. The van der Waals surface area contributed by atoms with Crippen LogP contribution < -0.4 is 15.0 Å². The van der Waals surface area contributed by atoms with Crippen LogP contribution in [0, 0.1) is 5.92 Å². The zero-order valence-corrected chi connectivity index (χ0v) is 11.6. The van der Waals surface area contributed by atoms with E-state index in [-0.39, 0.29) is 5.69 Å². The van der Waals surface area contributed by atoms with Gasteiger partial charge in [-0.15, -0.1) is 0 Å². The number of anilines is 1. The van der Waals surface area contributed by atoms with Crippen molar-refractivity contribution in [1.82, 2.24) is 5.32 Å². The largest absolute Gasteiger partial charge is 0.494 e. The van der Waals surface area contributed by atoms with Gasteiger partial charge in [0.1, 0.15) is 5.75 Å². The second kappa shape index (κ2) is 5.74. The Balaban J connectivity index is 2.32. The second-order valence-electron chi connectivity index (χ2n) is 4.44. The van der Waals surface area contributed by atoms with Crippen molar-refractivity contribution in [1.29, 1.82) is 0 Å². The van der Waals surface area contributed by atoms with Crippen molar-refractivity contribution in [3.05, 3.63) is 24.3 Å². The molecule has 1 fully saturated rings. The van der Waals surface area contributed by atoms with Gasteiger partial charge >= 0.3 is 6.03 Å². The molecule has 0 bridgehead atoms. The maximum absolute atomic E-state index is 12.2. The van der Waals surface area contributed by atoms with Crippen molar-refractivity contribution in [2.45, 2.75) is 13.8 Å². The zero-order valence-electron chi connectivity index (χ0n) is 11.6. The Morgan fingerprint density at radius 3 is 2.38 bits per heavy atom. The van der Waals surface area contributed by atoms with Crippen LogP contribution in [0.15, 0.2) is 24.3 Å². The molecule has 1 aliphatic rings. The second-order valence-corrected chi connectivity index (χ2v) is 4.44. The standard InChI is InChI=1S/C14H14N2O5/c1-3-21-10-6-4-9(5-7-10)16-13(19)11(8(2)17)12(18)15-14(16)20/h4-7,11H,3H2,1-2H3,(H,15,18,20)/t11-/m1/s1. The number of ketones is 1. The van der Waals surface area contributed by atoms with E-state index < -0.39 is 29.5 Å². The van der Waals surface area contributed by atoms with Gasteiger partial charge in [0.25, 0.3) is 5.91 Å². The van der Waals surface area contributed by atoms with Crippen LogP contribution in [0.25, 0.3) is 0 Å². The number of carbonyl (C=O) groups is 4. The quantitative estimate of drug-likeness (QED) is 0.831. The Labute approximate surface area is 120 Å². The molecular weight excluding hydrogens is 276 g/mol. The van der Waals surface area contributed by atoms with Crippen LogP contribution in [0.5, 0.6) is 5.75 Å². The number of imide groups is 2. The monoisotopic (exact) mass is 290 g/mol. The zero-order chi connectivity index (χ0) is 15.6. The summed E-state index contributed by atoms with van der Waals surface area (Å²) in [6.07, 6.45) is 0. The molecule has 2 rings (SSSR count). The highest BCUT2D eigenvalue weighted by molar-refractivity contribution is 6.34. The Bertz CT molecular complexity index is 608. The molecule has 0 aromatic heterocycles. The summed E-state index contributed by atoms with van der Waals surface area (Å²) in [4.78, 5) is 47.8. The molecule has 1 saturated heterocycles. The summed E-state index contributed by atoms with van der Waals surface area (Å²) >= 11 is 0. The van der Waals surface area contributed by atoms with E-state index in [0.717, 1.165) is 11.8 Å². The first-order valence-corrected chi connectivity index (χ1v) is 6.37. The molecule has 7 heteroatoms. The third-order valence-corrected chi connectivity index (χ3v) is 2.98. The normalized spacial score (nSPS) is 18.5. The summed E-state index contributed by atoms with van der Waals surface area (Å²) in [5.41, 5.74) is 0.264. The number of amides is 4. The molecule has 7 nitrogen and oxygen atoms in total. The number of nitrogens with one attached hydrogen (secondary N) is 1. The Hall–Kier alpha value is -2.70. The molecule has 0 radical (unpaired) electrons. The van der Waals surface area contributed by atoms with Gasteiger partial charge in [0.05, 0.1) is 12.3 Å². The van der Waals surface area contributed by atoms with Crippen LogP contribution in [0.2, 0.25) is 0 Å². The molecule has 21 heavy (non-hydrogen) atoms. The lowest BCUT2D eigenvalue weighted by Gasteiger charge is -2.28. The third-order valence-electron chi connectivity index (χ3n) is 2.98. The number of benzene rings is 1. The molecule has 1 aliphatic heterocycles. The van der Waals surface area contributed by atoms with Crippen molar-refractivity contribution >= 4 is 29.3 Å². The number of Topliss-reactive ketones (excluding diaryl/α,β-unsaturated/α-hetero) is 1. The number of nitrogens with zero attached hydrogens (tertiary/aromatic N) is 1. The molecule has 1 N–H and O–H groups in total. The van der Waals surface area contributed by atoms with Gasteiger partial charge in [0.2, 0.25) is 5.91 Å². The highest BCUT2D eigenvalue weighted by atomic mass is 16.5. The molecule has 1 aromatic rings. The molecule has 4 amide bonds. The Morgan fingerprint density at radius 2 is 1.86 bits per heavy atom. The molecule has 0 unspecified atom stereocenters. The highest BCUT2D eigenvalue weighted by Gasteiger charge is 2.43. The fourth-order valence-corrected chi connectivity index (χ4v) is 2.04. The topological polar surface area (TPSA) is 92.8 Å². The number of hydrogen-bond acceptors (Lipinski definition) is 5. The first kappa shape index (κ1) is 14.7. The Kier molecular flexibility index (Phi) is 4.02. The summed E-state index contributed by atoms with van der Waals surface area (Å²) in [7, 11) is 0. The van der Waals surface area contributed by atoms with Gasteiger partial charge < -0.3 is 4.74 Å². The van der Waals surface area contributed by atoms with Gasteiger partial charge in [0, 0.05) is 0 Å². The number of barbiturate groups is 1. The molecule has 1 atom stereocenters. The molecular formula is C14H14N2O5. The van der Waals surface area contributed by atoms with Gasteiger partial charge in [-0.05, 0) is 38.1 Å². The van der Waals surface area contributed by atoms with Crippen LogP contribution in [-0.2, 0) is 14.4 Å². The molecule has 1 heterocycles. The van der Waals surface area contributed by atoms with Crippen LogP contribution >= 0.6 is 0 Å². The van der Waals surface area contributed by atoms with E-state index in [1.165, 1.54) is 12.1 Å². The molecule has 0 spiro atoms. The van der Waals surface area contributed by atoms with Crippen LogP contribution in [0.4, 0.5) is 10.5 Å². The van der Waals surface area contributed by atoms with Crippen molar-refractivity contribution in [2.75, 3.05) is 11.5 Å². The predicted octanol–water partition coefficient (Wildman–Crippen LogP) is 0.873. The highest BCUT2D eigenvalue weighted by Crippen LogP contribution is 2.23. The lowest BCUT2D eigenvalue weighted by molar-refractivity contribution is -0.140. The van der Waals surface area contributed by atoms with Crippen molar-refractivity contribution in [2.24, 2.45) is 5.92 Å². The minimum absolute atomic E-state index is 0.264. The fourth-order valence-electron chi connectivity index (χ4n) is 2.04. The van der Waals surface area contributed by atoms with Gasteiger partial charge in [-0.1, -0.05) is 0 Å². The third kappa shape index (κ3) is 2.76. The van der Waals surface area contributed by atoms with Gasteiger partial charge in [0.15, 0.2) is 11.7 Å². The summed E-state index contributed by atoms with van der Waals surface area (Å²) < 4.78 is 5.27. The fraction of sp³-hybridized carbons (Fsp3) is 0.286. The van der Waals surface area contributed by atoms with Crippen molar-refractivity contribution in [3.63, 3.8) is 0 Å². The maximum atomic E-state index is 12.2. The van der Waals surface area contributed by atoms with Crippen LogP contribution in [0.3, 0.4) is 0 Å². The van der Waals surface area contributed by atoms with Crippen LogP contribution in [0.1, 0.15) is 13.8 Å². The molecule has 0 saturated carbocycles. The van der Waals surface area contributed by atoms with E-state index in [4.69, 9.17) is 4.74 Å². The number of rotatable bonds is 4. The summed E-state index contributed by atoms with van der Waals surface area (Å²) in [6.45, 7) is 3.45. The lowest BCUT2D eigenvalue weighted by atomic mass is 10.00. The predicted molar refractivity (Wildman–Crippen MR) is 72.8 cm³/mol. The SMILES string of the molecule is CCOc1ccc(N2C(=O)NC(=O)[C@@H](C(C)=O)C2=O)cc1. The Morgan fingerprint density at radius 1 is 1.24 bits per heavy atom. The number of ether oxygens (including phenoxy) is 1. The number of urea groups is 1. The summed E-state index contributed by atoms with van der Waals surface area (Å²) in [5.74, 6) is -3.25.